The second-order valence-electron chi connectivity index (χ2n) is 5.18. The number of benzene rings is 2. The van der Waals surface area contributed by atoms with Gasteiger partial charge in [0, 0.05) is 12.1 Å². The van der Waals surface area contributed by atoms with Crippen LogP contribution in [0.15, 0.2) is 47.6 Å². The highest BCUT2D eigenvalue weighted by atomic mass is 16.6. The van der Waals surface area contributed by atoms with E-state index in [1.807, 2.05) is 0 Å². The first-order chi connectivity index (χ1) is 13.0. The molecule has 0 fully saturated rings. The molecule has 0 aromatic heterocycles. The van der Waals surface area contributed by atoms with Crippen LogP contribution < -0.4 is 14.9 Å². The number of nitro benzene ring substituents is 1. The molecule has 0 bridgehead atoms. The molecule has 0 atom stereocenters. The van der Waals surface area contributed by atoms with Gasteiger partial charge >= 0.3 is 5.97 Å². The Kier molecular flexibility index (Phi) is 7.12. The zero-order valence-electron chi connectivity index (χ0n) is 14.9. The summed E-state index contributed by atoms with van der Waals surface area (Å²) in [5, 5.41) is 14.7. The number of hydrazone groups is 1. The molecule has 9 heteroatoms. The van der Waals surface area contributed by atoms with E-state index < -0.39 is 10.9 Å². The lowest BCUT2D eigenvalue weighted by Gasteiger charge is -2.10. The van der Waals surface area contributed by atoms with Crippen LogP contribution in [0.2, 0.25) is 0 Å². The summed E-state index contributed by atoms with van der Waals surface area (Å²) in [5.74, 6) is 0.391. The predicted molar refractivity (Wildman–Crippen MR) is 99.4 cm³/mol. The highest BCUT2D eigenvalue weighted by molar-refractivity contribution is 5.81. The van der Waals surface area contributed by atoms with Gasteiger partial charge in [0.2, 0.25) is 0 Å². The number of non-ortho nitro benzene ring substituents is 1. The van der Waals surface area contributed by atoms with E-state index in [1.54, 1.807) is 43.5 Å². The lowest BCUT2D eigenvalue weighted by atomic mass is 10.2. The van der Waals surface area contributed by atoms with Crippen molar-refractivity contribution >= 4 is 23.6 Å². The van der Waals surface area contributed by atoms with E-state index in [4.69, 9.17) is 14.2 Å². The molecule has 0 aliphatic heterocycles. The van der Waals surface area contributed by atoms with Crippen LogP contribution in [-0.4, -0.2) is 37.4 Å². The smallest absolute Gasteiger partial charge is 0.344 e. The van der Waals surface area contributed by atoms with Crippen LogP contribution in [0, 0.1) is 10.1 Å². The van der Waals surface area contributed by atoms with Crippen LogP contribution >= 0.6 is 0 Å². The van der Waals surface area contributed by atoms with E-state index in [9.17, 15) is 14.9 Å². The number of carbonyl (C=O) groups is 1. The molecule has 0 aliphatic carbocycles. The number of methoxy groups -OCH3 is 1. The van der Waals surface area contributed by atoms with Gasteiger partial charge in [-0.25, -0.2) is 4.79 Å². The molecule has 2 aromatic rings. The van der Waals surface area contributed by atoms with Crippen molar-refractivity contribution in [2.45, 2.75) is 6.92 Å². The Hall–Kier alpha value is -3.62. The van der Waals surface area contributed by atoms with E-state index >= 15 is 0 Å². The molecule has 0 aliphatic rings. The molecule has 0 saturated carbocycles. The fourth-order valence-electron chi connectivity index (χ4n) is 2.06. The van der Waals surface area contributed by atoms with Crippen molar-refractivity contribution in [2.24, 2.45) is 5.10 Å². The number of hydrogen-bond acceptors (Lipinski definition) is 8. The summed E-state index contributed by atoms with van der Waals surface area (Å²) in [6.07, 6.45) is 1.55. The van der Waals surface area contributed by atoms with Gasteiger partial charge in [0.1, 0.15) is 0 Å². The molecule has 0 unspecified atom stereocenters. The molecule has 2 aromatic carbocycles. The molecule has 0 spiro atoms. The molecule has 2 rings (SSSR count). The lowest BCUT2D eigenvalue weighted by Crippen LogP contribution is -2.14. The number of nitro groups is 1. The molecule has 0 saturated heterocycles. The number of hydrogen-bond donors (Lipinski definition) is 1. The first-order valence-electron chi connectivity index (χ1n) is 8.03. The summed E-state index contributed by atoms with van der Waals surface area (Å²) in [5.41, 5.74) is 4.12. The Morgan fingerprint density at radius 3 is 2.59 bits per heavy atom. The Bertz CT molecular complexity index is 820. The van der Waals surface area contributed by atoms with Crippen LogP contribution in [0.1, 0.15) is 12.5 Å². The van der Waals surface area contributed by atoms with Gasteiger partial charge in [-0.15, -0.1) is 0 Å². The molecule has 27 heavy (non-hydrogen) atoms. The third-order valence-electron chi connectivity index (χ3n) is 3.32. The average Bonchev–Trinajstić information content (AvgIpc) is 2.67. The Balaban J connectivity index is 1.98. The highest BCUT2D eigenvalue weighted by Crippen LogP contribution is 2.27. The van der Waals surface area contributed by atoms with E-state index in [0.29, 0.717) is 17.2 Å². The molecule has 1 N–H and O–H groups in total. The topological polar surface area (TPSA) is 112 Å². The van der Waals surface area contributed by atoms with Crippen LogP contribution in [-0.2, 0) is 9.53 Å². The van der Waals surface area contributed by atoms with Gasteiger partial charge in [-0.1, -0.05) is 0 Å². The van der Waals surface area contributed by atoms with Crippen LogP contribution in [0.5, 0.6) is 11.5 Å². The normalized spacial score (nSPS) is 10.4. The van der Waals surface area contributed by atoms with Crippen molar-refractivity contribution in [3.63, 3.8) is 0 Å². The summed E-state index contributed by atoms with van der Waals surface area (Å²) in [6.45, 7) is 1.80. The van der Waals surface area contributed by atoms with Crippen molar-refractivity contribution < 1.29 is 23.9 Å². The van der Waals surface area contributed by atoms with Gasteiger partial charge in [0.25, 0.3) is 5.69 Å². The van der Waals surface area contributed by atoms with E-state index in [-0.39, 0.29) is 18.9 Å². The number of nitrogens with one attached hydrogen (secondary N) is 1. The van der Waals surface area contributed by atoms with Crippen molar-refractivity contribution in [3.8, 4) is 11.5 Å². The summed E-state index contributed by atoms with van der Waals surface area (Å²) in [4.78, 5) is 21.5. The first-order valence-corrected chi connectivity index (χ1v) is 8.03. The molecular weight excluding hydrogens is 354 g/mol. The molecule has 142 valence electrons. The fourth-order valence-corrected chi connectivity index (χ4v) is 2.06. The van der Waals surface area contributed by atoms with Gasteiger partial charge < -0.3 is 14.2 Å². The average molecular weight is 373 g/mol. The van der Waals surface area contributed by atoms with Gasteiger partial charge in [-0.05, 0) is 42.8 Å². The summed E-state index contributed by atoms with van der Waals surface area (Å²) in [7, 11) is 1.49. The number of carbonyl (C=O) groups excluding carboxylic acids is 1. The summed E-state index contributed by atoms with van der Waals surface area (Å²) < 4.78 is 15.4. The Morgan fingerprint density at radius 2 is 1.96 bits per heavy atom. The van der Waals surface area contributed by atoms with Crippen molar-refractivity contribution in [1.82, 2.24) is 0 Å². The maximum Gasteiger partial charge on any atom is 0.344 e. The molecule has 0 amide bonds. The quantitative estimate of drug-likeness (QED) is 0.311. The van der Waals surface area contributed by atoms with Crippen LogP contribution in [0.4, 0.5) is 11.4 Å². The lowest BCUT2D eigenvalue weighted by molar-refractivity contribution is -0.384. The number of esters is 1. The monoisotopic (exact) mass is 373 g/mol. The van der Waals surface area contributed by atoms with E-state index in [0.717, 1.165) is 5.56 Å². The van der Waals surface area contributed by atoms with Crippen molar-refractivity contribution in [1.29, 1.82) is 0 Å². The molecule has 9 nitrogen and oxygen atoms in total. The predicted octanol–water partition coefficient (Wildman–Crippen LogP) is 2.99. The number of nitrogens with zero attached hydrogens (tertiary/aromatic N) is 2. The second kappa shape index (κ2) is 9.76. The van der Waals surface area contributed by atoms with Crippen LogP contribution in [0.25, 0.3) is 0 Å². The van der Waals surface area contributed by atoms with Gasteiger partial charge in [0.05, 0.1) is 30.5 Å². The first kappa shape index (κ1) is 19.7. The Labute approximate surface area is 155 Å². The molecular formula is C18H19N3O6. The summed E-state index contributed by atoms with van der Waals surface area (Å²) >= 11 is 0. The third kappa shape index (κ3) is 5.99. The third-order valence-corrected chi connectivity index (χ3v) is 3.32. The van der Waals surface area contributed by atoms with E-state index in [2.05, 4.69) is 10.5 Å². The SMILES string of the molecule is CCOC(=O)COc1ccc(/C=N/Nc2ccc([N+](=O)[O-])cc2)cc1OC. The minimum Gasteiger partial charge on any atom is -0.493 e. The minimum atomic E-state index is -0.467. The van der Waals surface area contributed by atoms with Gasteiger partial charge in [-0.2, -0.15) is 5.10 Å². The van der Waals surface area contributed by atoms with Crippen molar-refractivity contribution in [3.05, 3.63) is 58.1 Å². The molecule has 0 radical (unpaired) electrons. The Morgan fingerprint density at radius 1 is 1.22 bits per heavy atom. The summed E-state index contributed by atoms with van der Waals surface area (Å²) in [6, 6.07) is 11.0. The standard InChI is InChI=1S/C18H19N3O6/c1-3-26-18(22)12-27-16-9-4-13(10-17(16)25-2)11-19-20-14-5-7-15(8-6-14)21(23)24/h4-11,20H,3,12H2,1-2H3/b19-11+. The zero-order chi connectivity index (χ0) is 19.6. The highest BCUT2D eigenvalue weighted by Gasteiger charge is 2.09. The number of ether oxygens (including phenoxy) is 3. The van der Waals surface area contributed by atoms with E-state index in [1.165, 1.54) is 19.2 Å². The van der Waals surface area contributed by atoms with Crippen molar-refractivity contribution in [2.75, 3.05) is 25.7 Å². The fraction of sp³-hybridized carbons (Fsp3) is 0.222. The largest absolute Gasteiger partial charge is 0.493 e. The number of anilines is 1. The number of rotatable bonds is 9. The van der Waals surface area contributed by atoms with Gasteiger partial charge in [-0.3, -0.25) is 15.5 Å². The van der Waals surface area contributed by atoms with Crippen LogP contribution in [0.3, 0.4) is 0 Å². The second-order valence-corrected chi connectivity index (χ2v) is 5.18. The maximum absolute atomic E-state index is 11.4. The zero-order valence-corrected chi connectivity index (χ0v) is 14.9. The molecule has 0 heterocycles. The maximum atomic E-state index is 11.4. The van der Waals surface area contributed by atoms with Gasteiger partial charge in [0.15, 0.2) is 18.1 Å². The minimum absolute atomic E-state index is 0.00710.